The predicted molar refractivity (Wildman–Crippen MR) is 104 cm³/mol. The van der Waals surface area contributed by atoms with Gasteiger partial charge < -0.3 is 14.0 Å². The van der Waals surface area contributed by atoms with Crippen LogP contribution in [-0.4, -0.2) is 24.7 Å². The molecule has 128 valence electrons. The Hall–Kier alpha value is -2.08. The number of fused-ring (bicyclic) bond motifs is 1. The number of aromatic nitrogens is 1. The molecule has 5 nitrogen and oxygen atoms in total. The molecule has 3 rings (SSSR count). The molecule has 0 aliphatic heterocycles. The number of thiazole rings is 1. The summed E-state index contributed by atoms with van der Waals surface area (Å²) < 4.78 is 14.3. The summed E-state index contributed by atoms with van der Waals surface area (Å²) in [6, 6.07) is 7.26. The van der Waals surface area contributed by atoms with Gasteiger partial charge in [-0.15, -0.1) is 17.8 Å². The number of amides is 1. The molecule has 0 aliphatic carbocycles. The van der Waals surface area contributed by atoms with Crippen LogP contribution in [0.15, 0.2) is 33.0 Å². The van der Waals surface area contributed by atoms with Crippen molar-refractivity contribution in [3.05, 3.63) is 37.7 Å². The van der Waals surface area contributed by atoms with Crippen molar-refractivity contribution in [3.8, 4) is 23.8 Å². The zero-order valence-electron chi connectivity index (χ0n) is 13.4. The second-order valence-electron chi connectivity index (χ2n) is 4.87. The summed E-state index contributed by atoms with van der Waals surface area (Å²) in [5.41, 5.74) is 0.847. The van der Waals surface area contributed by atoms with E-state index in [0.29, 0.717) is 27.7 Å². The van der Waals surface area contributed by atoms with E-state index in [1.54, 1.807) is 20.3 Å². The van der Waals surface area contributed by atoms with E-state index in [1.165, 1.54) is 22.7 Å². The molecule has 8 heteroatoms. The number of carbonyl (C=O) groups is 1. The number of rotatable bonds is 4. The van der Waals surface area contributed by atoms with Crippen LogP contribution < -0.4 is 14.3 Å². The van der Waals surface area contributed by atoms with Crippen LogP contribution in [0.5, 0.6) is 11.5 Å². The molecule has 1 amide bonds. The summed E-state index contributed by atoms with van der Waals surface area (Å²) in [5, 5.41) is 0. The maximum Gasteiger partial charge on any atom is 0.289 e. The van der Waals surface area contributed by atoms with E-state index in [4.69, 9.17) is 15.9 Å². The van der Waals surface area contributed by atoms with Crippen LogP contribution in [-0.2, 0) is 6.54 Å². The van der Waals surface area contributed by atoms with Gasteiger partial charge in [0.25, 0.3) is 5.91 Å². The molecule has 2 heterocycles. The molecule has 0 fully saturated rings. The van der Waals surface area contributed by atoms with Crippen molar-refractivity contribution >= 4 is 54.7 Å². The minimum absolute atomic E-state index is 0.299. The van der Waals surface area contributed by atoms with Gasteiger partial charge in [0, 0.05) is 12.1 Å². The summed E-state index contributed by atoms with van der Waals surface area (Å²) in [6.07, 6.45) is 5.50. The zero-order chi connectivity index (χ0) is 18.0. The van der Waals surface area contributed by atoms with Gasteiger partial charge in [0.2, 0.25) is 0 Å². The van der Waals surface area contributed by atoms with Crippen LogP contribution in [0.25, 0.3) is 10.2 Å². The molecule has 0 N–H and O–H groups in total. The normalized spacial score (nSPS) is 11.5. The molecule has 1 aromatic carbocycles. The Morgan fingerprint density at radius 1 is 1.28 bits per heavy atom. The number of methoxy groups -OCH3 is 2. The lowest BCUT2D eigenvalue weighted by Gasteiger charge is -2.08. The number of carbonyl (C=O) groups excluding carboxylic acids is 1. The number of terminal acetylenes is 1. The number of thiophene rings is 1. The molecule has 0 bridgehead atoms. The fraction of sp³-hybridized carbons (Fsp3) is 0.176. The first-order valence-electron chi connectivity index (χ1n) is 7.10. The average Bonchev–Trinajstić information content (AvgIpc) is 3.18. The summed E-state index contributed by atoms with van der Waals surface area (Å²) in [5.74, 6) is 3.52. The molecule has 0 saturated heterocycles. The van der Waals surface area contributed by atoms with Crippen molar-refractivity contribution in [3.63, 3.8) is 0 Å². The molecule has 3 aromatic rings. The van der Waals surface area contributed by atoms with Crippen LogP contribution in [0.4, 0.5) is 0 Å². The molecule has 0 radical (unpaired) electrons. The van der Waals surface area contributed by atoms with E-state index in [-0.39, 0.29) is 5.91 Å². The highest BCUT2D eigenvalue weighted by Crippen LogP contribution is 2.33. The van der Waals surface area contributed by atoms with Gasteiger partial charge in [-0.05, 0) is 28.1 Å². The number of benzene rings is 1. The fourth-order valence-corrected chi connectivity index (χ4v) is 4.61. The smallest absolute Gasteiger partial charge is 0.289 e. The van der Waals surface area contributed by atoms with Gasteiger partial charge in [-0.2, -0.15) is 4.99 Å². The minimum Gasteiger partial charge on any atom is -0.493 e. The van der Waals surface area contributed by atoms with Gasteiger partial charge >= 0.3 is 0 Å². The second kappa shape index (κ2) is 7.44. The van der Waals surface area contributed by atoms with Crippen molar-refractivity contribution in [2.45, 2.75) is 6.54 Å². The third-order valence-electron chi connectivity index (χ3n) is 3.42. The quantitative estimate of drug-likeness (QED) is 0.582. The van der Waals surface area contributed by atoms with Gasteiger partial charge in [0.1, 0.15) is 0 Å². The van der Waals surface area contributed by atoms with Gasteiger partial charge in [-0.25, -0.2) is 0 Å². The first kappa shape index (κ1) is 17.7. The number of hydrogen-bond donors (Lipinski definition) is 0. The molecular formula is C17H13BrN2O3S2. The number of halogens is 1. The van der Waals surface area contributed by atoms with Crippen molar-refractivity contribution in [1.82, 2.24) is 4.57 Å². The summed E-state index contributed by atoms with van der Waals surface area (Å²) >= 11 is 6.07. The summed E-state index contributed by atoms with van der Waals surface area (Å²) in [7, 11) is 3.15. The van der Waals surface area contributed by atoms with E-state index < -0.39 is 0 Å². The summed E-state index contributed by atoms with van der Waals surface area (Å²) in [6.45, 7) is 0.301. The van der Waals surface area contributed by atoms with Crippen LogP contribution >= 0.6 is 38.6 Å². The molecule has 2 aromatic heterocycles. The Bertz CT molecular complexity index is 1060. The number of hydrogen-bond acceptors (Lipinski definition) is 5. The molecule has 0 spiro atoms. The van der Waals surface area contributed by atoms with Crippen LogP contribution in [0.3, 0.4) is 0 Å². The Balaban J connectivity index is 2.20. The topological polar surface area (TPSA) is 52.8 Å². The summed E-state index contributed by atoms with van der Waals surface area (Å²) in [4.78, 5) is 17.8. The molecule has 0 atom stereocenters. The Labute approximate surface area is 160 Å². The lowest BCUT2D eigenvalue weighted by Crippen LogP contribution is -2.16. The number of ether oxygens (including phenoxy) is 2. The average molecular weight is 437 g/mol. The Kier molecular flexibility index (Phi) is 5.27. The zero-order valence-corrected chi connectivity index (χ0v) is 16.6. The van der Waals surface area contributed by atoms with Crippen molar-refractivity contribution in [2.24, 2.45) is 4.99 Å². The lowest BCUT2D eigenvalue weighted by molar-refractivity contribution is 0.100. The van der Waals surface area contributed by atoms with Crippen molar-refractivity contribution in [1.29, 1.82) is 0 Å². The van der Waals surface area contributed by atoms with Crippen molar-refractivity contribution in [2.75, 3.05) is 14.2 Å². The van der Waals surface area contributed by atoms with Crippen LogP contribution in [0.2, 0.25) is 0 Å². The van der Waals surface area contributed by atoms with E-state index in [2.05, 4.69) is 26.8 Å². The molecule has 0 aliphatic rings. The van der Waals surface area contributed by atoms with E-state index >= 15 is 0 Å². The maximum atomic E-state index is 12.4. The third kappa shape index (κ3) is 3.49. The lowest BCUT2D eigenvalue weighted by atomic mass is 10.3. The van der Waals surface area contributed by atoms with E-state index in [9.17, 15) is 4.79 Å². The fourth-order valence-electron chi connectivity index (χ4n) is 2.30. The highest BCUT2D eigenvalue weighted by Gasteiger charge is 2.14. The highest BCUT2D eigenvalue weighted by molar-refractivity contribution is 9.11. The predicted octanol–water partition coefficient (Wildman–Crippen LogP) is 3.92. The second-order valence-corrected chi connectivity index (χ2v) is 8.34. The standard InChI is InChI=1S/C17H13BrN2O3S2/c1-4-7-20-10-8-11(22-2)12(23-3)9-14(10)25-17(20)19-16(21)13-5-6-15(18)24-13/h1,5-6,8-9H,7H2,2-3H3. The van der Waals surface area contributed by atoms with Gasteiger partial charge in [0.05, 0.1) is 39.6 Å². The van der Waals surface area contributed by atoms with Gasteiger partial charge in [-0.1, -0.05) is 17.3 Å². The SMILES string of the molecule is C#CCn1c(=NC(=O)c2ccc(Br)s2)sc2cc(OC)c(OC)cc21. The highest BCUT2D eigenvalue weighted by atomic mass is 79.9. The first-order valence-corrected chi connectivity index (χ1v) is 9.53. The Morgan fingerprint density at radius 3 is 2.60 bits per heavy atom. The molecule has 25 heavy (non-hydrogen) atoms. The third-order valence-corrected chi connectivity index (χ3v) is 6.07. The monoisotopic (exact) mass is 436 g/mol. The largest absolute Gasteiger partial charge is 0.493 e. The van der Waals surface area contributed by atoms with Crippen LogP contribution in [0, 0.1) is 12.3 Å². The maximum absolute atomic E-state index is 12.4. The molecule has 0 unspecified atom stereocenters. The van der Waals surface area contributed by atoms with Crippen molar-refractivity contribution < 1.29 is 14.3 Å². The van der Waals surface area contributed by atoms with Gasteiger partial charge in [0.15, 0.2) is 16.3 Å². The first-order chi connectivity index (χ1) is 12.1. The van der Waals surface area contributed by atoms with E-state index in [0.717, 1.165) is 14.0 Å². The molecule has 0 saturated carbocycles. The molecular weight excluding hydrogens is 424 g/mol. The van der Waals surface area contributed by atoms with Crippen LogP contribution in [0.1, 0.15) is 9.67 Å². The minimum atomic E-state index is -0.299. The Morgan fingerprint density at radius 2 is 2.00 bits per heavy atom. The number of nitrogens with zero attached hydrogens (tertiary/aromatic N) is 2. The van der Waals surface area contributed by atoms with E-state index in [1.807, 2.05) is 22.8 Å². The van der Waals surface area contributed by atoms with Gasteiger partial charge in [-0.3, -0.25) is 4.79 Å².